The molecule has 0 atom stereocenters. The molecule has 0 saturated carbocycles. The second kappa shape index (κ2) is 12.3. The average molecular weight is 476 g/mol. The Hall–Kier alpha value is -3.16. The van der Waals surface area contributed by atoms with E-state index in [9.17, 15) is 0 Å². The molecule has 0 spiro atoms. The van der Waals surface area contributed by atoms with Crippen LogP contribution in [0.2, 0.25) is 0 Å². The minimum absolute atomic E-state index is 0.268. The van der Waals surface area contributed by atoms with Crippen molar-refractivity contribution in [2.45, 2.75) is 25.0 Å². The first-order valence-corrected chi connectivity index (χ1v) is 12.6. The molecule has 34 heavy (non-hydrogen) atoms. The number of benzene rings is 3. The van der Waals surface area contributed by atoms with Crippen molar-refractivity contribution in [3.63, 3.8) is 0 Å². The van der Waals surface area contributed by atoms with Gasteiger partial charge in [0.1, 0.15) is 0 Å². The summed E-state index contributed by atoms with van der Waals surface area (Å²) in [6.45, 7) is 2.50. The van der Waals surface area contributed by atoms with E-state index in [4.69, 9.17) is 0 Å². The number of hydrogen-bond donors (Lipinski definition) is 3. The molecule has 0 unspecified atom stereocenters. The molecule has 1 aliphatic rings. The predicted octanol–water partition coefficient (Wildman–Crippen LogP) is 6.50. The third kappa shape index (κ3) is 6.46. The first-order chi connectivity index (χ1) is 16.7. The quantitative estimate of drug-likeness (QED) is 0.277. The molecule has 0 amide bonds. The van der Waals surface area contributed by atoms with Gasteiger partial charge in [0, 0.05) is 29.9 Å². The molecule has 2 heterocycles. The van der Waals surface area contributed by atoms with E-state index in [2.05, 4.69) is 37.5 Å². The van der Waals surface area contributed by atoms with Gasteiger partial charge in [0.15, 0.2) is 5.82 Å². The van der Waals surface area contributed by atoms with Gasteiger partial charge in [0.05, 0.1) is 11.2 Å². The summed E-state index contributed by atoms with van der Waals surface area (Å²) in [4.78, 5) is 8.64. The van der Waals surface area contributed by atoms with Crippen LogP contribution in [0.1, 0.15) is 24.8 Å². The molecule has 5 nitrogen and oxygen atoms in total. The van der Waals surface area contributed by atoms with Crippen LogP contribution in [0, 0.1) is 5.82 Å². The number of rotatable bonds is 6. The molecule has 4 aromatic rings. The van der Waals surface area contributed by atoms with Crippen LogP contribution in [0.15, 0.2) is 72.9 Å². The highest BCUT2D eigenvalue weighted by molar-refractivity contribution is 7.99. The molecule has 7 heteroatoms. The molecule has 1 fully saturated rings. The summed E-state index contributed by atoms with van der Waals surface area (Å²) in [6, 6.07) is 21.2. The van der Waals surface area contributed by atoms with Crippen molar-refractivity contribution in [3.05, 3.63) is 84.3 Å². The largest absolute Gasteiger partial charge is 0.357 e. The van der Waals surface area contributed by atoms with Crippen molar-refractivity contribution in [2.24, 2.45) is 0 Å². The lowest BCUT2D eigenvalue weighted by molar-refractivity contribution is 0.520. The number of piperidine rings is 1. The normalized spacial score (nSPS) is 13.1. The van der Waals surface area contributed by atoms with Crippen LogP contribution >= 0.6 is 11.9 Å². The second-order valence-electron chi connectivity index (χ2n) is 8.07. The van der Waals surface area contributed by atoms with Crippen molar-refractivity contribution < 1.29 is 4.39 Å². The molecule has 1 aliphatic heterocycles. The van der Waals surface area contributed by atoms with Crippen LogP contribution in [0.25, 0.3) is 22.0 Å². The highest BCUT2D eigenvalue weighted by Gasteiger charge is 2.11. The molecule has 3 N–H and O–H groups in total. The summed E-state index contributed by atoms with van der Waals surface area (Å²) in [6.07, 6.45) is 5.96. The summed E-state index contributed by atoms with van der Waals surface area (Å²) in [5.74, 6) is 1.05. The fraction of sp³-hybridized carbons (Fsp3) is 0.259. The Kier molecular flexibility index (Phi) is 8.71. The molecule has 3 aromatic carbocycles. The maximum atomic E-state index is 15.1. The zero-order chi connectivity index (χ0) is 23.6. The summed E-state index contributed by atoms with van der Waals surface area (Å²) >= 11 is 1.47. The summed E-state index contributed by atoms with van der Waals surface area (Å²) < 4.78 is 18.2. The van der Waals surface area contributed by atoms with E-state index in [1.54, 1.807) is 25.4 Å². The number of anilines is 2. The van der Waals surface area contributed by atoms with Crippen LogP contribution in [-0.2, 0) is 5.75 Å². The molecule has 1 saturated heterocycles. The van der Waals surface area contributed by atoms with Gasteiger partial charge in [-0.25, -0.2) is 14.4 Å². The molecule has 176 valence electrons. The van der Waals surface area contributed by atoms with Crippen LogP contribution in [0.4, 0.5) is 16.0 Å². The lowest BCUT2D eigenvalue weighted by Crippen LogP contribution is -2.21. The van der Waals surface area contributed by atoms with E-state index in [-0.39, 0.29) is 5.82 Å². The predicted molar refractivity (Wildman–Crippen MR) is 143 cm³/mol. The van der Waals surface area contributed by atoms with Crippen LogP contribution < -0.4 is 15.4 Å². The van der Waals surface area contributed by atoms with E-state index in [1.807, 2.05) is 42.5 Å². The number of nitrogens with one attached hydrogen (secondary N) is 3. The summed E-state index contributed by atoms with van der Waals surface area (Å²) in [5, 5.41) is 7.07. The zero-order valence-corrected chi connectivity index (χ0v) is 20.2. The Morgan fingerprint density at radius 2 is 1.79 bits per heavy atom. The first kappa shape index (κ1) is 24.0. The topological polar surface area (TPSA) is 61.9 Å². The van der Waals surface area contributed by atoms with Gasteiger partial charge in [-0.15, -0.1) is 0 Å². The first-order valence-electron chi connectivity index (χ1n) is 11.6. The molecular weight excluding hydrogens is 445 g/mol. The monoisotopic (exact) mass is 475 g/mol. The maximum Gasteiger partial charge on any atom is 0.222 e. The Morgan fingerprint density at radius 3 is 2.50 bits per heavy atom. The maximum absolute atomic E-state index is 15.1. The highest BCUT2D eigenvalue weighted by Crippen LogP contribution is 2.31. The molecule has 0 aliphatic carbocycles. The Morgan fingerprint density at radius 1 is 0.971 bits per heavy atom. The minimum atomic E-state index is -0.268. The van der Waals surface area contributed by atoms with Gasteiger partial charge < -0.3 is 15.4 Å². The van der Waals surface area contributed by atoms with Crippen LogP contribution in [0.5, 0.6) is 0 Å². The molecule has 1 aromatic heterocycles. The van der Waals surface area contributed by atoms with Crippen LogP contribution in [0.3, 0.4) is 0 Å². The smallest absolute Gasteiger partial charge is 0.222 e. The van der Waals surface area contributed by atoms with E-state index in [1.165, 1.54) is 49.9 Å². The third-order valence-corrected chi connectivity index (χ3v) is 6.43. The van der Waals surface area contributed by atoms with Crippen molar-refractivity contribution in [3.8, 4) is 11.1 Å². The van der Waals surface area contributed by atoms with E-state index >= 15 is 4.39 Å². The fourth-order valence-corrected chi connectivity index (χ4v) is 4.47. The van der Waals surface area contributed by atoms with Gasteiger partial charge in [-0.2, -0.15) is 0 Å². The van der Waals surface area contributed by atoms with Crippen LogP contribution in [-0.4, -0.2) is 30.1 Å². The lowest BCUT2D eigenvalue weighted by Gasteiger charge is -2.11. The Bertz CT molecular complexity index is 1190. The Balaban J connectivity index is 0.000000398. The number of fused-ring (bicyclic) bond motifs is 1. The molecule has 0 bridgehead atoms. The van der Waals surface area contributed by atoms with Crippen molar-refractivity contribution in [1.29, 1.82) is 0 Å². The molecule has 5 rings (SSSR count). The third-order valence-electron chi connectivity index (χ3n) is 5.58. The van der Waals surface area contributed by atoms with Gasteiger partial charge >= 0.3 is 0 Å². The average Bonchev–Trinajstić information content (AvgIpc) is 2.91. The van der Waals surface area contributed by atoms with Crippen molar-refractivity contribution in [1.82, 2.24) is 15.3 Å². The van der Waals surface area contributed by atoms with Gasteiger partial charge in [-0.1, -0.05) is 55.0 Å². The van der Waals surface area contributed by atoms with E-state index < -0.39 is 0 Å². The molecule has 0 radical (unpaired) electrons. The number of aromatic nitrogens is 2. The van der Waals surface area contributed by atoms with Gasteiger partial charge in [-0.05, 0) is 67.2 Å². The second-order valence-corrected chi connectivity index (χ2v) is 8.85. The fourth-order valence-electron chi connectivity index (χ4n) is 3.73. The highest BCUT2D eigenvalue weighted by atomic mass is 32.2. The van der Waals surface area contributed by atoms with E-state index in [0.29, 0.717) is 17.2 Å². The number of nitrogens with zero attached hydrogens (tertiary/aromatic N) is 2. The zero-order valence-electron chi connectivity index (χ0n) is 19.4. The van der Waals surface area contributed by atoms with Crippen molar-refractivity contribution in [2.75, 3.05) is 30.2 Å². The van der Waals surface area contributed by atoms with Gasteiger partial charge in [-0.3, -0.25) is 0 Å². The van der Waals surface area contributed by atoms with Gasteiger partial charge in [0.2, 0.25) is 5.95 Å². The Labute approximate surface area is 204 Å². The number of hydrogen-bond acceptors (Lipinski definition) is 6. The van der Waals surface area contributed by atoms with E-state index in [0.717, 1.165) is 22.2 Å². The standard InChI is InChI=1S/C22H19FN4S.C5H11N/c1-24-22-25-13-17-12-16(10-11-19(17)26-22)18-8-5-9-20(21(18)23)27-28-14-15-6-3-2-4-7-15;1-2-4-6-5-3-1/h2-13,27H,14H2,1H3,(H,24,25,26);6H,1-5H2. The van der Waals surface area contributed by atoms with Crippen molar-refractivity contribution >= 4 is 34.5 Å². The lowest BCUT2D eigenvalue weighted by atomic mass is 10.0. The minimum Gasteiger partial charge on any atom is -0.357 e. The van der Waals surface area contributed by atoms with Gasteiger partial charge in [0.25, 0.3) is 0 Å². The SMILES string of the molecule is C1CCNCC1.CNc1ncc2cc(-c3cccc(NSCc4ccccc4)c3F)ccc2n1. The molecular formula is C27H30FN5S. The summed E-state index contributed by atoms with van der Waals surface area (Å²) in [7, 11) is 1.78. The number of halogens is 1. The summed E-state index contributed by atoms with van der Waals surface area (Å²) in [5.41, 5.74) is 3.82.